The fourth-order valence-electron chi connectivity index (χ4n) is 2.55. The maximum absolute atomic E-state index is 8.55. The Morgan fingerprint density at radius 3 is 2.47 bits per heavy atom. The first-order chi connectivity index (χ1) is 7.25. The quantitative estimate of drug-likeness (QED) is 0.658. The summed E-state index contributed by atoms with van der Waals surface area (Å²) < 4.78 is 5.23. The van der Waals surface area contributed by atoms with Gasteiger partial charge in [-0.15, -0.1) is 0 Å². The predicted octanol–water partition coefficient (Wildman–Crippen LogP) is 1.41. The molecule has 0 aliphatic heterocycles. The summed E-state index contributed by atoms with van der Waals surface area (Å²) in [5.74, 6) is 1.57. The molecule has 90 valence electrons. The Kier molecular flexibility index (Phi) is 6.22. The van der Waals surface area contributed by atoms with Gasteiger partial charge in [0.1, 0.15) is 0 Å². The summed E-state index contributed by atoms with van der Waals surface area (Å²) in [7, 11) is 0. The molecular formula is C12H25NO2. The van der Waals surface area contributed by atoms with Gasteiger partial charge in [-0.3, -0.25) is 0 Å². The number of rotatable bonds is 6. The highest BCUT2D eigenvalue weighted by atomic mass is 16.5. The zero-order valence-corrected chi connectivity index (χ0v) is 10.0. The summed E-state index contributed by atoms with van der Waals surface area (Å²) >= 11 is 0. The first-order valence-corrected chi connectivity index (χ1v) is 6.17. The molecule has 3 heteroatoms. The third-order valence-corrected chi connectivity index (χ3v) is 3.41. The summed E-state index contributed by atoms with van der Waals surface area (Å²) in [6, 6.07) is 0.650. The van der Waals surface area contributed by atoms with E-state index >= 15 is 0 Å². The van der Waals surface area contributed by atoms with Crippen molar-refractivity contribution in [3.63, 3.8) is 0 Å². The van der Waals surface area contributed by atoms with Crippen LogP contribution in [0.1, 0.15) is 33.1 Å². The van der Waals surface area contributed by atoms with Crippen molar-refractivity contribution in [1.82, 2.24) is 5.32 Å². The molecule has 1 fully saturated rings. The van der Waals surface area contributed by atoms with Crippen LogP contribution in [0.2, 0.25) is 0 Å². The van der Waals surface area contributed by atoms with Crippen LogP contribution in [0.15, 0.2) is 0 Å². The van der Waals surface area contributed by atoms with E-state index in [1.165, 1.54) is 19.3 Å². The number of ether oxygens (including phenoxy) is 1. The molecule has 2 N–H and O–H groups in total. The van der Waals surface area contributed by atoms with Crippen molar-refractivity contribution < 1.29 is 9.84 Å². The van der Waals surface area contributed by atoms with Gasteiger partial charge in [0, 0.05) is 12.6 Å². The average molecular weight is 215 g/mol. The van der Waals surface area contributed by atoms with E-state index in [0.29, 0.717) is 19.3 Å². The zero-order valence-electron chi connectivity index (χ0n) is 10.0. The van der Waals surface area contributed by atoms with Gasteiger partial charge in [0.2, 0.25) is 0 Å². The normalized spacial score (nSPS) is 31.8. The fourth-order valence-corrected chi connectivity index (χ4v) is 2.55. The summed E-state index contributed by atoms with van der Waals surface area (Å²) in [6.45, 7) is 6.85. The molecule has 15 heavy (non-hydrogen) atoms. The summed E-state index contributed by atoms with van der Waals surface area (Å²) in [5.41, 5.74) is 0. The number of aliphatic hydroxyl groups excluding tert-OH is 1. The van der Waals surface area contributed by atoms with Crippen LogP contribution in [0.25, 0.3) is 0 Å². The van der Waals surface area contributed by atoms with Crippen molar-refractivity contribution in [3.8, 4) is 0 Å². The highest BCUT2D eigenvalue weighted by Crippen LogP contribution is 2.28. The van der Waals surface area contributed by atoms with Crippen LogP contribution in [-0.2, 0) is 4.74 Å². The first-order valence-electron chi connectivity index (χ1n) is 6.17. The van der Waals surface area contributed by atoms with E-state index in [0.717, 1.165) is 18.4 Å². The molecule has 0 aromatic rings. The fraction of sp³-hybridized carbons (Fsp3) is 1.00. The summed E-state index contributed by atoms with van der Waals surface area (Å²) in [6.07, 6.45) is 4.07. The van der Waals surface area contributed by atoms with Gasteiger partial charge in [-0.05, 0) is 24.7 Å². The Balaban J connectivity index is 2.12. The second-order valence-corrected chi connectivity index (χ2v) is 4.70. The number of aliphatic hydroxyl groups is 1. The van der Waals surface area contributed by atoms with Crippen molar-refractivity contribution in [3.05, 3.63) is 0 Å². The van der Waals surface area contributed by atoms with Crippen LogP contribution in [-0.4, -0.2) is 37.5 Å². The van der Waals surface area contributed by atoms with Crippen LogP contribution in [0.4, 0.5) is 0 Å². The Hall–Kier alpha value is -0.120. The number of hydrogen-bond acceptors (Lipinski definition) is 3. The SMILES string of the molecule is CC1CCCC(C)C1NCCOCCO. The summed E-state index contributed by atoms with van der Waals surface area (Å²) in [4.78, 5) is 0. The Morgan fingerprint density at radius 2 is 1.87 bits per heavy atom. The second-order valence-electron chi connectivity index (χ2n) is 4.70. The minimum absolute atomic E-state index is 0.121. The Labute approximate surface area is 93.2 Å². The van der Waals surface area contributed by atoms with Crippen molar-refractivity contribution in [2.45, 2.75) is 39.2 Å². The van der Waals surface area contributed by atoms with Gasteiger partial charge in [-0.1, -0.05) is 20.3 Å². The molecule has 3 nitrogen and oxygen atoms in total. The molecule has 0 saturated heterocycles. The van der Waals surface area contributed by atoms with Crippen molar-refractivity contribution >= 4 is 0 Å². The van der Waals surface area contributed by atoms with Crippen LogP contribution in [0, 0.1) is 11.8 Å². The van der Waals surface area contributed by atoms with Gasteiger partial charge in [0.15, 0.2) is 0 Å². The molecule has 0 amide bonds. The Morgan fingerprint density at radius 1 is 1.20 bits per heavy atom. The highest BCUT2D eigenvalue weighted by molar-refractivity contribution is 4.83. The zero-order chi connectivity index (χ0) is 11.1. The molecule has 2 atom stereocenters. The predicted molar refractivity (Wildman–Crippen MR) is 61.9 cm³/mol. The van der Waals surface area contributed by atoms with Crippen molar-refractivity contribution in [2.24, 2.45) is 11.8 Å². The molecule has 1 saturated carbocycles. The van der Waals surface area contributed by atoms with Crippen molar-refractivity contribution in [2.75, 3.05) is 26.4 Å². The van der Waals surface area contributed by atoms with Gasteiger partial charge in [0.05, 0.1) is 19.8 Å². The van der Waals surface area contributed by atoms with E-state index in [9.17, 15) is 0 Å². The van der Waals surface area contributed by atoms with Gasteiger partial charge in [0.25, 0.3) is 0 Å². The Bertz CT molecular complexity index is 154. The third-order valence-electron chi connectivity index (χ3n) is 3.41. The number of nitrogens with one attached hydrogen (secondary N) is 1. The van der Waals surface area contributed by atoms with E-state index in [1.807, 2.05) is 0 Å². The molecular weight excluding hydrogens is 190 g/mol. The minimum Gasteiger partial charge on any atom is -0.394 e. The lowest BCUT2D eigenvalue weighted by Gasteiger charge is -2.35. The van der Waals surface area contributed by atoms with Gasteiger partial charge < -0.3 is 15.2 Å². The number of hydrogen-bond donors (Lipinski definition) is 2. The van der Waals surface area contributed by atoms with Crippen LogP contribution in [0.5, 0.6) is 0 Å². The molecule has 0 radical (unpaired) electrons. The van der Waals surface area contributed by atoms with Crippen LogP contribution < -0.4 is 5.32 Å². The molecule has 1 aliphatic carbocycles. The van der Waals surface area contributed by atoms with Crippen molar-refractivity contribution in [1.29, 1.82) is 0 Å². The molecule has 0 aromatic carbocycles. The molecule has 1 rings (SSSR count). The van der Waals surface area contributed by atoms with Crippen LogP contribution >= 0.6 is 0 Å². The molecule has 0 spiro atoms. The van der Waals surface area contributed by atoms with E-state index in [1.54, 1.807) is 0 Å². The average Bonchev–Trinajstić information content (AvgIpc) is 2.21. The maximum atomic E-state index is 8.55. The lowest BCUT2D eigenvalue weighted by molar-refractivity contribution is 0.0875. The largest absolute Gasteiger partial charge is 0.394 e. The van der Waals surface area contributed by atoms with E-state index in [-0.39, 0.29) is 6.61 Å². The first kappa shape index (κ1) is 12.9. The summed E-state index contributed by atoms with van der Waals surface area (Å²) in [5, 5.41) is 12.1. The van der Waals surface area contributed by atoms with Gasteiger partial charge in [-0.25, -0.2) is 0 Å². The van der Waals surface area contributed by atoms with Gasteiger partial charge >= 0.3 is 0 Å². The molecule has 1 aliphatic rings. The minimum atomic E-state index is 0.121. The van der Waals surface area contributed by atoms with E-state index in [4.69, 9.17) is 9.84 Å². The lowest BCUT2D eigenvalue weighted by atomic mass is 9.79. The molecule has 2 unspecified atom stereocenters. The highest BCUT2D eigenvalue weighted by Gasteiger charge is 2.26. The molecule has 0 heterocycles. The second kappa shape index (κ2) is 7.20. The maximum Gasteiger partial charge on any atom is 0.0698 e. The standard InChI is InChI=1S/C12H25NO2/c1-10-4-3-5-11(2)12(10)13-6-8-15-9-7-14/h10-14H,3-9H2,1-2H3. The van der Waals surface area contributed by atoms with Crippen LogP contribution in [0.3, 0.4) is 0 Å². The lowest BCUT2D eigenvalue weighted by Crippen LogP contribution is -2.44. The molecule has 0 bridgehead atoms. The van der Waals surface area contributed by atoms with E-state index in [2.05, 4.69) is 19.2 Å². The monoisotopic (exact) mass is 215 g/mol. The smallest absolute Gasteiger partial charge is 0.0698 e. The topological polar surface area (TPSA) is 41.5 Å². The third kappa shape index (κ3) is 4.49. The van der Waals surface area contributed by atoms with Gasteiger partial charge in [-0.2, -0.15) is 0 Å². The van der Waals surface area contributed by atoms with E-state index < -0.39 is 0 Å². The molecule has 0 aromatic heterocycles.